The molecule has 0 saturated carbocycles. The average Bonchev–Trinajstić information content (AvgIpc) is 3.39. The van der Waals surface area contributed by atoms with Crippen molar-refractivity contribution in [2.75, 3.05) is 48.9 Å². The number of benzene rings is 1. The molecule has 35 heavy (non-hydrogen) atoms. The Balaban J connectivity index is 1.55. The van der Waals surface area contributed by atoms with Crippen LogP contribution in [0.15, 0.2) is 67.0 Å². The number of morpholine rings is 1. The number of nitrogens with zero attached hydrogens (tertiary/aromatic N) is 5. The van der Waals surface area contributed by atoms with Crippen molar-refractivity contribution in [3.05, 3.63) is 72.6 Å². The first-order chi connectivity index (χ1) is 17.0. The number of hydrogen-bond acceptors (Lipinski definition) is 7. The van der Waals surface area contributed by atoms with Gasteiger partial charge in [-0.2, -0.15) is 5.10 Å². The molecule has 4 heterocycles. The monoisotopic (exact) mass is 471 g/mol. The van der Waals surface area contributed by atoms with Gasteiger partial charge in [-0.05, 0) is 31.3 Å². The standard InChI is InChI=1S/C26H29N7O2/c1-18-6-5-7-19(16-18)20-9-11-33(30-20)23-17-22(32-12-14-35-15-13-32)24(27)25(29-23)31(2)26(34)21-8-3-4-10-28-21/h3-11,16-17,21,28H,12-15,27H2,1-2H3. The Morgan fingerprint density at radius 1 is 1.20 bits per heavy atom. The molecule has 1 unspecified atom stereocenters. The van der Waals surface area contributed by atoms with Crippen molar-refractivity contribution in [3.63, 3.8) is 0 Å². The molecule has 2 aromatic heterocycles. The minimum atomic E-state index is -0.487. The Hall–Kier alpha value is -4.11. The van der Waals surface area contributed by atoms with Crippen molar-refractivity contribution in [1.82, 2.24) is 20.1 Å². The van der Waals surface area contributed by atoms with E-state index in [0.29, 0.717) is 43.6 Å². The van der Waals surface area contributed by atoms with Gasteiger partial charge in [-0.3, -0.25) is 9.69 Å². The molecule has 1 amide bonds. The van der Waals surface area contributed by atoms with Crippen LogP contribution in [0.3, 0.4) is 0 Å². The zero-order valence-electron chi connectivity index (χ0n) is 19.9. The largest absolute Gasteiger partial charge is 0.394 e. The zero-order valence-corrected chi connectivity index (χ0v) is 19.9. The minimum absolute atomic E-state index is 0.157. The summed E-state index contributed by atoms with van der Waals surface area (Å²) in [5, 5.41) is 7.84. The molecule has 3 aromatic rings. The number of nitrogens with two attached hydrogens (primary N) is 1. The summed E-state index contributed by atoms with van der Waals surface area (Å²) < 4.78 is 7.26. The molecule has 0 bridgehead atoms. The van der Waals surface area contributed by atoms with Gasteiger partial charge < -0.3 is 20.7 Å². The van der Waals surface area contributed by atoms with Crippen molar-refractivity contribution in [3.8, 4) is 17.1 Å². The Labute approximate surface area is 204 Å². The Bertz CT molecular complexity index is 1290. The summed E-state index contributed by atoms with van der Waals surface area (Å²) in [5.74, 6) is 0.823. The lowest BCUT2D eigenvalue weighted by Gasteiger charge is -2.32. The maximum atomic E-state index is 13.2. The second-order valence-electron chi connectivity index (χ2n) is 8.64. The lowest BCUT2D eigenvalue weighted by atomic mass is 10.1. The maximum Gasteiger partial charge on any atom is 0.254 e. The van der Waals surface area contributed by atoms with Crippen LogP contribution < -0.4 is 20.9 Å². The van der Waals surface area contributed by atoms with E-state index in [0.717, 1.165) is 16.9 Å². The summed E-state index contributed by atoms with van der Waals surface area (Å²) in [6.45, 7) is 4.70. The highest BCUT2D eigenvalue weighted by Crippen LogP contribution is 2.34. The molecule has 5 rings (SSSR count). The smallest absolute Gasteiger partial charge is 0.254 e. The first kappa shape index (κ1) is 22.7. The number of hydrogen-bond donors (Lipinski definition) is 2. The van der Waals surface area contributed by atoms with Crippen LogP contribution in [0.1, 0.15) is 5.56 Å². The van der Waals surface area contributed by atoms with Crippen LogP contribution in [0, 0.1) is 6.92 Å². The molecule has 1 fully saturated rings. The molecule has 1 aromatic carbocycles. The molecule has 2 aliphatic rings. The highest BCUT2D eigenvalue weighted by atomic mass is 16.5. The van der Waals surface area contributed by atoms with Crippen LogP contribution in [0.4, 0.5) is 17.2 Å². The second kappa shape index (κ2) is 9.63. The van der Waals surface area contributed by atoms with E-state index in [1.807, 2.05) is 48.7 Å². The number of nitrogens with one attached hydrogen (secondary N) is 1. The number of carbonyl (C=O) groups excluding carboxylic acids is 1. The molecule has 9 heteroatoms. The summed E-state index contributed by atoms with van der Waals surface area (Å²) in [5.41, 5.74) is 10.9. The molecule has 2 aliphatic heterocycles. The second-order valence-corrected chi connectivity index (χ2v) is 8.64. The van der Waals surface area contributed by atoms with Gasteiger partial charge in [0, 0.05) is 38.0 Å². The fourth-order valence-electron chi connectivity index (χ4n) is 4.28. The zero-order chi connectivity index (χ0) is 24.4. The van der Waals surface area contributed by atoms with Crippen LogP contribution in [0.2, 0.25) is 0 Å². The lowest BCUT2D eigenvalue weighted by Crippen LogP contribution is -2.43. The van der Waals surface area contributed by atoms with E-state index in [-0.39, 0.29) is 5.91 Å². The Morgan fingerprint density at radius 2 is 2.03 bits per heavy atom. The minimum Gasteiger partial charge on any atom is -0.394 e. The van der Waals surface area contributed by atoms with Gasteiger partial charge in [0.1, 0.15) is 6.04 Å². The Morgan fingerprint density at radius 3 is 2.77 bits per heavy atom. The van der Waals surface area contributed by atoms with Crippen molar-refractivity contribution in [2.24, 2.45) is 0 Å². The fourth-order valence-corrected chi connectivity index (χ4v) is 4.28. The molecule has 3 N–H and O–H groups in total. The first-order valence-corrected chi connectivity index (χ1v) is 11.6. The molecule has 1 atom stereocenters. The maximum absolute atomic E-state index is 13.2. The number of aromatic nitrogens is 3. The fraction of sp³-hybridized carbons (Fsp3) is 0.269. The molecule has 0 aliphatic carbocycles. The van der Waals surface area contributed by atoms with E-state index in [1.54, 1.807) is 17.9 Å². The van der Waals surface area contributed by atoms with Crippen molar-refractivity contribution < 1.29 is 9.53 Å². The highest BCUT2D eigenvalue weighted by molar-refractivity contribution is 6.01. The average molecular weight is 472 g/mol. The van der Waals surface area contributed by atoms with Crippen LogP contribution in [0.5, 0.6) is 0 Å². The van der Waals surface area contributed by atoms with E-state index in [2.05, 4.69) is 29.3 Å². The molecular formula is C26H29N7O2. The number of likely N-dealkylation sites (N-methyl/N-ethyl adjacent to an activating group) is 1. The molecular weight excluding hydrogens is 442 g/mol. The number of dihydropyridines is 1. The number of ether oxygens (including phenoxy) is 1. The van der Waals surface area contributed by atoms with Crippen LogP contribution in [-0.4, -0.2) is 60.1 Å². The lowest BCUT2D eigenvalue weighted by molar-refractivity contribution is -0.119. The molecule has 180 valence electrons. The van der Waals surface area contributed by atoms with Crippen LogP contribution in [0.25, 0.3) is 17.1 Å². The third-order valence-corrected chi connectivity index (χ3v) is 6.19. The molecule has 0 spiro atoms. The summed E-state index contributed by atoms with van der Waals surface area (Å²) in [6.07, 6.45) is 9.12. The van der Waals surface area contributed by atoms with Crippen LogP contribution in [-0.2, 0) is 9.53 Å². The molecule has 0 radical (unpaired) electrons. The molecule has 9 nitrogen and oxygen atoms in total. The van der Waals surface area contributed by atoms with Crippen molar-refractivity contribution >= 4 is 23.1 Å². The quantitative estimate of drug-likeness (QED) is 0.590. The highest BCUT2D eigenvalue weighted by Gasteiger charge is 2.26. The number of rotatable bonds is 5. The van der Waals surface area contributed by atoms with Gasteiger partial charge in [0.25, 0.3) is 5.91 Å². The van der Waals surface area contributed by atoms with Crippen molar-refractivity contribution in [2.45, 2.75) is 13.0 Å². The normalized spacial score (nSPS) is 17.3. The number of amides is 1. The third kappa shape index (κ3) is 4.63. The predicted octanol–water partition coefficient (Wildman–Crippen LogP) is 2.67. The number of carbonyl (C=O) groups is 1. The summed E-state index contributed by atoms with van der Waals surface area (Å²) >= 11 is 0. The Kier molecular flexibility index (Phi) is 6.24. The van der Waals surface area contributed by atoms with Gasteiger partial charge in [0.05, 0.1) is 30.3 Å². The van der Waals surface area contributed by atoms with Crippen LogP contribution >= 0.6 is 0 Å². The van der Waals surface area contributed by atoms with Gasteiger partial charge in [-0.15, -0.1) is 0 Å². The first-order valence-electron chi connectivity index (χ1n) is 11.6. The molecule has 1 saturated heterocycles. The number of pyridine rings is 1. The van der Waals surface area contributed by atoms with Gasteiger partial charge in [0.2, 0.25) is 0 Å². The number of nitrogen functional groups attached to an aromatic ring is 1. The van der Waals surface area contributed by atoms with E-state index in [4.69, 9.17) is 20.6 Å². The van der Waals surface area contributed by atoms with E-state index in [9.17, 15) is 4.79 Å². The SMILES string of the molecule is Cc1cccc(-c2ccn(-c3cc(N4CCOCC4)c(N)c(N(C)C(=O)C4C=CC=CN4)n3)n2)c1. The summed E-state index contributed by atoms with van der Waals surface area (Å²) in [7, 11) is 1.70. The third-order valence-electron chi connectivity index (χ3n) is 6.19. The van der Waals surface area contributed by atoms with Gasteiger partial charge in [-0.25, -0.2) is 9.67 Å². The summed E-state index contributed by atoms with van der Waals surface area (Å²) in [4.78, 5) is 21.7. The van der Waals surface area contributed by atoms with E-state index < -0.39 is 6.04 Å². The number of allylic oxidation sites excluding steroid dienone is 2. The summed E-state index contributed by atoms with van der Waals surface area (Å²) in [6, 6.07) is 11.6. The van der Waals surface area contributed by atoms with Gasteiger partial charge in [0.15, 0.2) is 11.6 Å². The number of anilines is 3. The van der Waals surface area contributed by atoms with E-state index >= 15 is 0 Å². The van der Waals surface area contributed by atoms with E-state index in [1.165, 1.54) is 10.5 Å². The van der Waals surface area contributed by atoms with Gasteiger partial charge >= 0.3 is 0 Å². The number of aryl methyl sites for hydroxylation is 1. The topological polar surface area (TPSA) is 102 Å². The van der Waals surface area contributed by atoms with Gasteiger partial charge in [-0.1, -0.05) is 35.9 Å². The van der Waals surface area contributed by atoms with Crippen molar-refractivity contribution in [1.29, 1.82) is 0 Å². The predicted molar refractivity (Wildman–Crippen MR) is 138 cm³/mol.